The van der Waals surface area contributed by atoms with Gasteiger partial charge in [0.15, 0.2) is 5.82 Å². The van der Waals surface area contributed by atoms with Crippen molar-refractivity contribution in [2.24, 2.45) is 7.05 Å². The molecule has 6 heteroatoms. The van der Waals surface area contributed by atoms with Gasteiger partial charge in [-0.1, -0.05) is 11.6 Å². The Hall–Kier alpha value is -1.95. The second-order valence-corrected chi connectivity index (χ2v) is 6.45. The molecule has 0 aromatic carbocycles. The maximum atomic E-state index is 4.47. The Balaban J connectivity index is 1.61. The zero-order valence-electron chi connectivity index (χ0n) is 14.3. The Kier molecular flexibility index (Phi) is 4.91. The highest BCUT2D eigenvalue weighted by Gasteiger charge is 2.25. The van der Waals surface area contributed by atoms with E-state index in [1.165, 1.54) is 5.57 Å². The number of aromatic nitrogens is 5. The molecule has 124 valence electrons. The fourth-order valence-electron chi connectivity index (χ4n) is 3.21. The Morgan fingerprint density at radius 2 is 2.09 bits per heavy atom. The zero-order valence-corrected chi connectivity index (χ0v) is 14.3. The lowest BCUT2D eigenvalue weighted by Gasteiger charge is -2.31. The molecule has 0 radical (unpaired) electrons. The standard InChI is InChI=1S/C17H26N6/c1-4-14(2)11-22-8-5-15(6-9-22)17-20-19-16(21(17)3)12-23-10-7-18-13-23/h4,7,10,13,15H,5-6,8-9,11-12H2,1-3H3/b14-4+. The van der Waals surface area contributed by atoms with Crippen molar-refractivity contribution in [2.45, 2.75) is 39.2 Å². The lowest BCUT2D eigenvalue weighted by atomic mass is 9.95. The summed E-state index contributed by atoms with van der Waals surface area (Å²) >= 11 is 0. The van der Waals surface area contributed by atoms with Gasteiger partial charge in [0.1, 0.15) is 5.82 Å². The second kappa shape index (κ2) is 7.08. The van der Waals surface area contributed by atoms with Crippen LogP contribution in [-0.2, 0) is 13.6 Å². The first-order chi connectivity index (χ1) is 11.2. The highest BCUT2D eigenvalue weighted by Crippen LogP contribution is 2.27. The van der Waals surface area contributed by atoms with E-state index in [2.05, 4.69) is 51.6 Å². The Labute approximate surface area is 137 Å². The van der Waals surface area contributed by atoms with Crippen LogP contribution in [0.2, 0.25) is 0 Å². The maximum absolute atomic E-state index is 4.47. The molecule has 0 saturated carbocycles. The summed E-state index contributed by atoms with van der Waals surface area (Å²) in [6, 6.07) is 0. The van der Waals surface area contributed by atoms with Crippen molar-refractivity contribution in [1.82, 2.24) is 29.2 Å². The van der Waals surface area contributed by atoms with Crippen LogP contribution in [0.5, 0.6) is 0 Å². The number of imidazole rings is 1. The molecule has 6 nitrogen and oxygen atoms in total. The summed E-state index contributed by atoms with van der Waals surface area (Å²) in [5, 5.41) is 8.86. The molecule has 0 unspecified atom stereocenters. The largest absolute Gasteiger partial charge is 0.330 e. The van der Waals surface area contributed by atoms with E-state index in [0.29, 0.717) is 5.92 Å². The van der Waals surface area contributed by atoms with Crippen molar-refractivity contribution >= 4 is 0 Å². The van der Waals surface area contributed by atoms with Gasteiger partial charge in [0.25, 0.3) is 0 Å². The minimum absolute atomic E-state index is 0.520. The van der Waals surface area contributed by atoms with Crippen LogP contribution in [0.25, 0.3) is 0 Å². The predicted octanol–water partition coefficient (Wildman–Crippen LogP) is 2.21. The number of rotatable bonds is 5. The van der Waals surface area contributed by atoms with E-state index in [-0.39, 0.29) is 0 Å². The van der Waals surface area contributed by atoms with Gasteiger partial charge < -0.3 is 9.13 Å². The normalized spacial score (nSPS) is 17.8. The Morgan fingerprint density at radius 1 is 1.30 bits per heavy atom. The molecule has 0 atom stereocenters. The quantitative estimate of drug-likeness (QED) is 0.794. The summed E-state index contributed by atoms with van der Waals surface area (Å²) in [5.41, 5.74) is 1.45. The summed E-state index contributed by atoms with van der Waals surface area (Å²) in [5.74, 6) is 2.64. The molecule has 1 aliphatic heterocycles. The number of hydrogen-bond acceptors (Lipinski definition) is 4. The van der Waals surface area contributed by atoms with Crippen LogP contribution in [0.4, 0.5) is 0 Å². The summed E-state index contributed by atoms with van der Waals surface area (Å²) in [7, 11) is 2.08. The van der Waals surface area contributed by atoms with Crippen molar-refractivity contribution in [2.75, 3.05) is 19.6 Å². The van der Waals surface area contributed by atoms with Crippen LogP contribution in [0, 0.1) is 0 Å². The van der Waals surface area contributed by atoms with E-state index < -0.39 is 0 Å². The SMILES string of the molecule is C/C=C(\C)CN1CCC(c2nnc(Cn3ccnc3)n2C)CC1. The van der Waals surface area contributed by atoms with Gasteiger partial charge >= 0.3 is 0 Å². The highest BCUT2D eigenvalue weighted by atomic mass is 15.3. The molecule has 1 aliphatic rings. The van der Waals surface area contributed by atoms with Crippen LogP contribution in [0.15, 0.2) is 30.4 Å². The van der Waals surface area contributed by atoms with E-state index in [1.807, 2.05) is 17.1 Å². The van der Waals surface area contributed by atoms with E-state index in [1.54, 1.807) is 6.20 Å². The van der Waals surface area contributed by atoms with E-state index in [0.717, 1.165) is 50.7 Å². The molecule has 0 N–H and O–H groups in total. The lowest BCUT2D eigenvalue weighted by molar-refractivity contribution is 0.223. The fraction of sp³-hybridized carbons (Fsp3) is 0.588. The summed E-state index contributed by atoms with van der Waals surface area (Å²) in [6.45, 7) is 8.41. The highest BCUT2D eigenvalue weighted by molar-refractivity contribution is 5.05. The third kappa shape index (κ3) is 3.69. The number of nitrogens with zero attached hydrogens (tertiary/aromatic N) is 6. The first-order valence-electron chi connectivity index (χ1n) is 8.35. The van der Waals surface area contributed by atoms with Crippen molar-refractivity contribution < 1.29 is 0 Å². The van der Waals surface area contributed by atoms with Gasteiger partial charge in [-0.15, -0.1) is 10.2 Å². The molecule has 0 amide bonds. The molecular formula is C17H26N6. The molecule has 1 fully saturated rings. The smallest absolute Gasteiger partial charge is 0.152 e. The van der Waals surface area contributed by atoms with Crippen LogP contribution < -0.4 is 0 Å². The molecule has 3 rings (SSSR count). The van der Waals surface area contributed by atoms with Crippen molar-refractivity contribution in [1.29, 1.82) is 0 Å². The molecule has 1 saturated heterocycles. The average Bonchev–Trinajstić information content (AvgIpc) is 3.20. The molecule has 0 bridgehead atoms. The van der Waals surface area contributed by atoms with Crippen molar-refractivity contribution in [3.8, 4) is 0 Å². The first kappa shape index (κ1) is 15.9. The molecule has 3 heterocycles. The van der Waals surface area contributed by atoms with Crippen molar-refractivity contribution in [3.05, 3.63) is 42.0 Å². The summed E-state index contributed by atoms with van der Waals surface area (Å²) < 4.78 is 4.19. The van der Waals surface area contributed by atoms with Gasteiger partial charge in [0, 0.05) is 31.9 Å². The lowest BCUT2D eigenvalue weighted by Crippen LogP contribution is -2.34. The van der Waals surface area contributed by atoms with Crippen molar-refractivity contribution in [3.63, 3.8) is 0 Å². The third-order valence-electron chi connectivity index (χ3n) is 4.80. The van der Waals surface area contributed by atoms with E-state index in [4.69, 9.17) is 0 Å². The van der Waals surface area contributed by atoms with Gasteiger partial charge in [0.05, 0.1) is 12.9 Å². The average molecular weight is 314 g/mol. The maximum Gasteiger partial charge on any atom is 0.152 e. The Bertz CT molecular complexity index is 647. The molecule has 2 aromatic heterocycles. The molecule has 23 heavy (non-hydrogen) atoms. The van der Waals surface area contributed by atoms with Crippen LogP contribution in [-0.4, -0.2) is 48.8 Å². The zero-order chi connectivity index (χ0) is 16.2. The predicted molar refractivity (Wildman–Crippen MR) is 90.2 cm³/mol. The first-order valence-corrected chi connectivity index (χ1v) is 8.35. The van der Waals surface area contributed by atoms with Crippen LogP contribution in [0.3, 0.4) is 0 Å². The van der Waals surface area contributed by atoms with Crippen LogP contribution in [0.1, 0.15) is 44.3 Å². The minimum Gasteiger partial charge on any atom is -0.330 e. The monoisotopic (exact) mass is 314 g/mol. The Morgan fingerprint density at radius 3 is 2.74 bits per heavy atom. The number of likely N-dealkylation sites (tertiary alicyclic amines) is 1. The summed E-state index contributed by atoms with van der Waals surface area (Å²) in [6.07, 6.45) is 10.1. The number of hydrogen-bond donors (Lipinski definition) is 0. The van der Waals surface area contributed by atoms with Gasteiger partial charge in [-0.05, 0) is 39.8 Å². The van der Waals surface area contributed by atoms with E-state index in [9.17, 15) is 0 Å². The minimum atomic E-state index is 0.520. The number of piperidine rings is 1. The fourth-order valence-corrected chi connectivity index (χ4v) is 3.21. The van der Waals surface area contributed by atoms with Crippen LogP contribution >= 0.6 is 0 Å². The molecule has 2 aromatic rings. The second-order valence-electron chi connectivity index (χ2n) is 6.45. The molecule has 0 aliphatic carbocycles. The molecule has 0 spiro atoms. The topological polar surface area (TPSA) is 51.8 Å². The van der Waals surface area contributed by atoms with Gasteiger partial charge in [-0.25, -0.2) is 4.98 Å². The summed E-state index contributed by atoms with van der Waals surface area (Å²) in [4.78, 5) is 6.62. The van der Waals surface area contributed by atoms with E-state index >= 15 is 0 Å². The number of allylic oxidation sites excluding steroid dienone is 1. The molecular weight excluding hydrogens is 288 g/mol. The third-order valence-corrected chi connectivity index (χ3v) is 4.80. The van der Waals surface area contributed by atoms with Gasteiger partial charge in [-0.3, -0.25) is 4.90 Å². The van der Waals surface area contributed by atoms with Gasteiger partial charge in [-0.2, -0.15) is 0 Å². The van der Waals surface area contributed by atoms with Gasteiger partial charge in [0.2, 0.25) is 0 Å².